The molecule has 140 valence electrons. The van der Waals surface area contributed by atoms with Gasteiger partial charge in [-0.05, 0) is 54.2 Å². The van der Waals surface area contributed by atoms with Gasteiger partial charge in [-0.2, -0.15) is 13.2 Å². The van der Waals surface area contributed by atoms with Crippen molar-refractivity contribution in [2.24, 2.45) is 5.92 Å². The molecule has 7 heteroatoms. The molecule has 1 heterocycles. The minimum absolute atomic E-state index is 0.0915. The first-order valence-corrected chi connectivity index (χ1v) is 8.15. The summed E-state index contributed by atoms with van der Waals surface area (Å²) in [5.74, 6) is -1.49. The predicted molar refractivity (Wildman–Crippen MR) is 91.6 cm³/mol. The molecule has 1 atom stereocenters. The maximum atomic E-state index is 14.3. The summed E-state index contributed by atoms with van der Waals surface area (Å²) in [6.45, 7) is 7.76. The summed E-state index contributed by atoms with van der Waals surface area (Å²) in [6.07, 6.45) is -3.62. The summed E-state index contributed by atoms with van der Waals surface area (Å²) in [7, 11) is 0. The third-order valence-corrected chi connectivity index (χ3v) is 4.42. The zero-order chi connectivity index (χ0) is 19.6. The number of nitrogens with zero attached hydrogens (tertiary/aromatic N) is 1. The van der Waals surface area contributed by atoms with Crippen LogP contribution in [0, 0.1) is 18.7 Å². The van der Waals surface area contributed by atoms with Gasteiger partial charge < -0.3 is 5.32 Å². The number of pyridine rings is 1. The lowest BCUT2D eigenvalue weighted by Gasteiger charge is -2.20. The summed E-state index contributed by atoms with van der Waals surface area (Å²) in [5, 5.41) is 2.24. The van der Waals surface area contributed by atoms with E-state index in [2.05, 4.69) is 10.3 Å². The number of aromatic nitrogens is 1. The number of hydrogen-bond donors (Lipinski definition) is 1. The Kier molecular flexibility index (Phi) is 5.68. The molecule has 3 nitrogen and oxygen atoms in total. The number of hydrogen-bond acceptors (Lipinski definition) is 2. The summed E-state index contributed by atoms with van der Waals surface area (Å²) >= 11 is 0. The minimum atomic E-state index is -4.56. The molecule has 0 aliphatic rings. The fourth-order valence-corrected chi connectivity index (χ4v) is 2.57. The highest BCUT2D eigenvalue weighted by atomic mass is 19.4. The number of rotatable bonds is 4. The number of carbonyl (C=O) groups excluding carboxylic acids is 1. The Bertz CT molecular complexity index is 816. The number of halogens is 4. The van der Waals surface area contributed by atoms with E-state index in [0.29, 0.717) is 6.07 Å². The van der Waals surface area contributed by atoms with E-state index in [1.54, 1.807) is 6.92 Å². The second kappa shape index (κ2) is 7.43. The Morgan fingerprint density at radius 1 is 1.15 bits per heavy atom. The Labute approximate surface area is 149 Å². The second-order valence-electron chi connectivity index (χ2n) is 6.60. The van der Waals surface area contributed by atoms with E-state index in [9.17, 15) is 22.4 Å². The first-order valence-electron chi connectivity index (χ1n) is 8.15. The molecular weight excluding hydrogens is 348 g/mol. The standard InChI is InChI=1S/C19H20F4N2O/c1-10(2)12(4)14-9-15(16(20)7-11(14)3)18(26)25-17-8-13(5-6-24-17)19(21,22)23/h5-10,12H,1-4H3,(H,24,25,26). The van der Waals surface area contributed by atoms with Crippen molar-refractivity contribution in [2.45, 2.75) is 39.8 Å². The number of aryl methyl sites for hydroxylation is 1. The summed E-state index contributed by atoms with van der Waals surface area (Å²) in [4.78, 5) is 16.1. The molecule has 0 saturated heterocycles. The van der Waals surface area contributed by atoms with Crippen LogP contribution in [0.1, 0.15) is 53.7 Å². The smallest absolute Gasteiger partial charge is 0.306 e. The van der Waals surface area contributed by atoms with Gasteiger partial charge >= 0.3 is 6.18 Å². The second-order valence-corrected chi connectivity index (χ2v) is 6.60. The maximum absolute atomic E-state index is 14.3. The zero-order valence-corrected chi connectivity index (χ0v) is 14.9. The largest absolute Gasteiger partial charge is 0.416 e. The molecule has 0 fully saturated rings. The molecule has 2 aromatic rings. The zero-order valence-electron chi connectivity index (χ0n) is 14.9. The Morgan fingerprint density at radius 3 is 2.38 bits per heavy atom. The molecule has 26 heavy (non-hydrogen) atoms. The lowest BCUT2D eigenvalue weighted by Crippen LogP contribution is -2.17. The number of nitrogens with one attached hydrogen (secondary N) is 1. The van der Waals surface area contributed by atoms with Crippen LogP contribution in [0.4, 0.5) is 23.4 Å². The molecule has 1 N–H and O–H groups in total. The molecule has 0 aliphatic heterocycles. The van der Waals surface area contributed by atoms with Crippen LogP contribution in [-0.2, 0) is 6.18 Å². The van der Waals surface area contributed by atoms with Crippen LogP contribution in [-0.4, -0.2) is 10.9 Å². The van der Waals surface area contributed by atoms with Crippen molar-refractivity contribution in [3.8, 4) is 0 Å². The predicted octanol–water partition coefficient (Wildman–Crippen LogP) is 5.56. The molecule has 1 aromatic heterocycles. The lowest BCUT2D eigenvalue weighted by atomic mass is 9.86. The molecule has 1 aromatic carbocycles. The molecule has 1 unspecified atom stereocenters. The van der Waals surface area contributed by atoms with Gasteiger partial charge in [-0.15, -0.1) is 0 Å². The van der Waals surface area contributed by atoms with E-state index in [4.69, 9.17) is 0 Å². The van der Waals surface area contributed by atoms with Crippen molar-refractivity contribution >= 4 is 11.7 Å². The first kappa shape index (κ1) is 19.9. The van der Waals surface area contributed by atoms with Crippen molar-refractivity contribution in [3.63, 3.8) is 0 Å². The molecule has 0 radical (unpaired) electrons. The highest BCUT2D eigenvalue weighted by Gasteiger charge is 2.31. The molecule has 0 bridgehead atoms. The molecule has 1 amide bonds. The van der Waals surface area contributed by atoms with E-state index < -0.39 is 23.5 Å². The van der Waals surface area contributed by atoms with Gasteiger partial charge in [-0.1, -0.05) is 20.8 Å². The van der Waals surface area contributed by atoms with Gasteiger partial charge in [0.25, 0.3) is 5.91 Å². The van der Waals surface area contributed by atoms with Crippen LogP contribution >= 0.6 is 0 Å². The van der Waals surface area contributed by atoms with E-state index in [0.717, 1.165) is 23.4 Å². The van der Waals surface area contributed by atoms with Crippen molar-refractivity contribution in [1.82, 2.24) is 4.98 Å². The Hall–Kier alpha value is -2.44. The van der Waals surface area contributed by atoms with Gasteiger partial charge in [0.2, 0.25) is 0 Å². The molecular formula is C19H20F4N2O. The van der Waals surface area contributed by atoms with Crippen molar-refractivity contribution in [2.75, 3.05) is 5.32 Å². The van der Waals surface area contributed by atoms with E-state index in [1.165, 1.54) is 12.1 Å². The summed E-state index contributed by atoms with van der Waals surface area (Å²) in [6, 6.07) is 4.23. The molecule has 2 rings (SSSR count). The van der Waals surface area contributed by atoms with Crippen molar-refractivity contribution in [1.29, 1.82) is 0 Å². The highest BCUT2D eigenvalue weighted by molar-refractivity contribution is 6.04. The Morgan fingerprint density at radius 2 is 1.81 bits per heavy atom. The van der Waals surface area contributed by atoms with E-state index >= 15 is 0 Å². The average molecular weight is 368 g/mol. The maximum Gasteiger partial charge on any atom is 0.416 e. The molecule has 0 saturated carbocycles. The van der Waals surface area contributed by atoms with Crippen LogP contribution in [0.15, 0.2) is 30.5 Å². The number of carbonyl (C=O) groups is 1. The quantitative estimate of drug-likeness (QED) is 0.718. The number of alkyl halides is 3. The van der Waals surface area contributed by atoms with Gasteiger partial charge in [-0.25, -0.2) is 9.37 Å². The average Bonchev–Trinajstić information content (AvgIpc) is 2.53. The Balaban J connectivity index is 2.34. The third-order valence-electron chi connectivity index (χ3n) is 4.42. The van der Waals surface area contributed by atoms with E-state index in [-0.39, 0.29) is 23.2 Å². The topological polar surface area (TPSA) is 42.0 Å². The monoisotopic (exact) mass is 368 g/mol. The third kappa shape index (κ3) is 4.39. The number of amides is 1. The lowest BCUT2D eigenvalue weighted by molar-refractivity contribution is -0.137. The fourth-order valence-electron chi connectivity index (χ4n) is 2.57. The van der Waals surface area contributed by atoms with Crippen LogP contribution < -0.4 is 5.32 Å². The molecule has 0 aliphatic carbocycles. The van der Waals surface area contributed by atoms with Crippen LogP contribution in [0.5, 0.6) is 0 Å². The number of anilines is 1. The SMILES string of the molecule is Cc1cc(F)c(C(=O)Nc2cc(C(F)(F)F)ccn2)cc1C(C)C(C)C. The van der Waals surface area contributed by atoms with Crippen molar-refractivity contribution < 1.29 is 22.4 Å². The van der Waals surface area contributed by atoms with Crippen LogP contribution in [0.2, 0.25) is 0 Å². The van der Waals surface area contributed by atoms with Crippen LogP contribution in [0.25, 0.3) is 0 Å². The van der Waals surface area contributed by atoms with Crippen molar-refractivity contribution in [3.05, 3.63) is 58.5 Å². The molecule has 0 spiro atoms. The van der Waals surface area contributed by atoms with E-state index in [1.807, 2.05) is 20.8 Å². The van der Waals surface area contributed by atoms with Gasteiger partial charge in [0.05, 0.1) is 11.1 Å². The van der Waals surface area contributed by atoms with Gasteiger partial charge in [-0.3, -0.25) is 4.79 Å². The van der Waals surface area contributed by atoms with Gasteiger partial charge in [0, 0.05) is 6.20 Å². The normalized spacial score (nSPS) is 13.0. The van der Waals surface area contributed by atoms with Crippen LogP contribution in [0.3, 0.4) is 0 Å². The van der Waals surface area contributed by atoms with Gasteiger partial charge in [0.15, 0.2) is 0 Å². The minimum Gasteiger partial charge on any atom is -0.306 e. The number of benzene rings is 1. The summed E-state index contributed by atoms with van der Waals surface area (Å²) < 4.78 is 52.5. The first-order chi connectivity index (χ1) is 12.0. The van der Waals surface area contributed by atoms with Gasteiger partial charge in [0.1, 0.15) is 11.6 Å². The highest BCUT2D eigenvalue weighted by Crippen LogP contribution is 2.31. The summed E-state index contributed by atoms with van der Waals surface area (Å²) in [5.41, 5.74) is 0.375. The fraction of sp³-hybridized carbons (Fsp3) is 0.368.